The third-order valence-corrected chi connectivity index (χ3v) is 2.75. The summed E-state index contributed by atoms with van der Waals surface area (Å²) in [6, 6.07) is 5.15. The van der Waals surface area contributed by atoms with Crippen molar-refractivity contribution in [3.63, 3.8) is 0 Å². The molecular formula is C12H15N3O2. The van der Waals surface area contributed by atoms with Gasteiger partial charge in [-0.05, 0) is 18.6 Å². The van der Waals surface area contributed by atoms with Crippen LogP contribution >= 0.6 is 0 Å². The number of carbonyl (C=O) groups is 1. The number of hydrogen-bond acceptors (Lipinski definition) is 3. The Balaban J connectivity index is 2.18. The Hall–Kier alpha value is -1.88. The highest BCUT2D eigenvalue weighted by Gasteiger charge is 2.11. The quantitative estimate of drug-likeness (QED) is 0.739. The molecule has 0 bridgehead atoms. The number of fused-ring (bicyclic) bond motifs is 1. The first-order chi connectivity index (χ1) is 8.24. The lowest BCUT2D eigenvalue weighted by Gasteiger charge is -2.13. The second-order valence-corrected chi connectivity index (χ2v) is 3.93. The molecule has 1 atom stereocenters. The zero-order chi connectivity index (χ0) is 12.3. The first-order valence-electron chi connectivity index (χ1n) is 5.59. The fourth-order valence-corrected chi connectivity index (χ4v) is 1.62. The normalized spacial score (nSPS) is 12.6. The van der Waals surface area contributed by atoms with Crippen LogP contribution in [0.5, 0.6) is 0 Å². The summed E-state index contributed by atoms with van der Waals surface area (Å²) < 4.78 is 0. The zero-order valence-corrected chi connectivity index (χ0v) is 9.60. The van der Waals surface area contributed by atoms with Gasteiger partial charge in [0.15, 0.2) is 0 Å². The van der Waals surface area contributed by atoms with Gasteiger partial charge in [0.25, 0.3) is 5.91 Å². The summed E-state index contributed by atoms with van der Waals surface area (Å²) in [7, 11) is 0. The van der Waals surface area contributed by atoms with E-state index in [0.717, 1.165) is 10.9 Å². The molecule has 1 aromatic carbocycles. The van der Waals surface area contributed by atoms with E-state index in [4.69, 9.17) is 5.11 Å². The first kappa shape index (κ1) is 11.6. The Kier molecular flexibility index (Phi) is 3.39. The van der Waals surface area contributed by atoms with Crippen LogP contribution in [0.1, 0.15) is 23.7 Å². The molecule has 0 spiro atoms. The minimum absolute atomic E-state index is 0.0471. The van der Waals surface area contributed by atoms with Crippen LogP contribution in [0.4, 0.5) is 0 Å². The van der Waals surface area contributed by atoms with Gasteiger partial charge in [-0.25, -0.2) is 0 Å². The molecule has 0 radical (unpaired) electrons. The average molecular weight is 233 g/mol. The minimum atomic E-state index is -0.194. The lowest BCUT2D eigenvalue weighted by Crippen LogP contribution is -2.36. The Morgan fingerprint density at radius 2 is 2.41 bits per heavy atom. The third-order valence-electron chi connectivity index (χ3n) is 2.75. The highest BCUT2D eigenvalue weighted by molar-refractivity contribution is 5.97. The summed E-state index contributed by atoms with van der Waals surface area (Å²) in [5.74, 6) is -0.178. The molecular weight excluding hydrogens is 218 g/mol. The van der Waals surface area contributed by atoms with Gasteiger partial charge in [0.05, 0.1) is 24.4 Å². The van der Waals surface area contributed by atoms with Gasteiger partial charge in [-0.2, -0.15) is 5.10 Å². The SMILES string of the molecule is CC[C@H](CO)NC(=O)c1ccc2cn[nH]c2c1. The Bertz CT molecular complexity index is 517. The number of aromatic amines is 1. The van der Waals surface area contributed by atoms with E-state index >= 15 is 0 Å². The van der Waals surface area contributed by atoms with Gasteiger partial charge in [0.2, 0.25) is 0 Å². The summed E-state index contributed by atoms with van der Waals surface area (Å²) in [4.78, 5) is 11.9. The molecule has 0 aliphatic heterocycles. The molecule has 5 heteroatoms. The number of aliphatic hydroxyl groups excluding tert-OH is 1. The van der Waals surface area contributed by atoms with Gasteiger partial charge in [-0.3, -0.25) is 9.89 Å². The van der Waals surface area contributed by atoms with Gasteiger partial charge < -0.3 is 10.4 Å². The van der Waals surface area contributed by atoms with Gasteiger partial charge in [-0.1, -0.05) is 13.0 Å². The van der Waals surface area contributed by atoms with Crippen molar-refractivity contribution >= 4 is 16.8 Å². The van der Waals surface area contributed by atoms with E-state index in [9.17, 15) is 4.79 Å². The zero-order valence-electron chi connectivity index (χ0n) is 9.60. The van der Waals surface area contributed by atoms with Gasteiger partial charge in [0.1, 0.15) is 0 Å². The van der Waals surface area contributed by atoms with Crippen molar-refractivity contribution in [3.8, 4) is 0 Å². The number of carbonyl (C=O) groups excluding carboxylic acids is 1. The van der Waals surface area contributed by atoms with Crippen molar-refractivity contribution in [3.05, 3.63) is 30.0 Å². The lowest BCUT2D eigenvalue weighted by molar-refractivity contribution is 0.0915. The van der Waals surface area contributed by atoms with Gasteiger partial charge >= 0.3 is 0 Å². The minimum Gasteiger partial charge on any atom is -0.394 e. The van der Waals surface area contributed by atoms with Crippen LogP contribution in [-0.4, -0.2) is 33.9 Å². The molecule has 0 aliphatic carbocycles. The molecule has 2 aromatic rings. The molecule has 0 saturated heterocycles. The maximum Gasteiger partial charge on any atom is 0.251 e. The number of aromatic nitrogens is 2. The topological polar surface area (TPSA) is 78.0 Å². The fraction of sp³-hybridized carbons (Fsp3) is 0.333. The second-order valence-electron chi connectivity index (χ2n) is 3.93. The van der Waals surface area contributed by atoms with E-state index in [-0.39, 0.29) is 18.6 Å². The maximum absolute atomic E-state index is 11.9. The van der Waals surface area contributed by atoms with Gasteiger partial charge in [-0.15, -0.1) is 0 Å². The van der Waals surface area contributed by atoms with E-state index in [1.165, 1.54) is 0 Å². The molecule has 0 saturated carbocycles. The lowest BCUT2D eigenvalue weighted by atomic mass is 10.1. The van der Waals surface area contributed by atoms with E-state index in [0.29, 0.717) is 12.0 Å². The first-order valence-corrected chi connectivity index (χ1v) is 5.59. The second kappa shape index (κ2) is 4.97. The number of amides is 1. The van der Waals surface area contributed by atoms with E-state index < -0.39 is 0 Å². The molecule has 2 rings (SSSR count). The molecule has 0 fully saturated rings. The number of hydrogen-bond donors (Lipinski definition) is 3. The number of benzene rings is 1. The highest BCUT2D eigenvalue weighted by Crippen LogP contribution is 2.12. The van der Waals surface area contributed by atoms with Crippen LogP contribution in [0, 0.1) is 0 Å². The summed E-state index contributed by atoms with van der Waals surface area (Å²) >= 11 is 0. The van der Waals surface area contributed by atoms with Crippen molar-refractivity contribution in [1.82, 2.24) is 15.5 Å². The summed E-state index contributed by atoms with van der Waals surface area (Å²) in [6.45, 7) is 1.87. The van der Waals surface area contributed by atoms with Crippen LogP contribution in [0.25, 0.3) is 10.9 Å². The number of rotatable bonds is 4. The predicted molar refractivity (Wildman–Crippen MR) is 64.7 cm³/mol. The van der Waals surface area contributed by atoms with Crippen molar-refractivity contribution < 1.29 is 9.90 Å². The molecule has 90 valence electrons. The predicted octanol–water partition coefficient (Wildman–Crippen LogP) is 1.06. The standard InChI is InChI=1S/C12H15N3O2/c1-2-10(7-16)14-12(17)8-3-4-9-6-13-15-11(9)5-8/h3-6,10,16H,2,7H2,1H3,(H,13,15)(H,14,17)/t10-/m1/s1. The van der Waals surface area contributed by atoms with Crippen LogP contribution in [0.15, 0.2) is 24.4 Å². The van der Waals surface area contributed by atoms with Gasteiger partial charge in [0, 0.05) is 10.9 Å². The number of H-pyrrole nitrogens is 1. The Labute approximate surface area is 98.8 Å². The molecule has 1 heterocycles. The molecule has 5 nitrogen and oxygen atoms in total. The van der Waals surface area contributed by atoms with Crippen molar-refractivity contribution in [1.29, 1.82) is 0 Å². The molecule has 0 unspecified atom stereocenters. The average Bonchev–Trinajstić information content (AvgIpc) is 2.82. The molecule has 3 N–H and O–H groups in total. The summed E-state index contributed by atoms with van der Waals surface area (Å²) in [5.41, 5.74) is 1.39. The fourth-order valence-electron chi connectivity index (χ4n) is 1.62. The number of nitrogens with zero attached hydrogens (tertiary/aromatic N) is 1. The summed E-state index contributed by atoms with van der Waals surface area (Å²) in [6.07, 6.45) is 2.41. The maximum atomic E-state index is 11.9. The Morgan fingerprint density at radius 3 is 3.12 bits per heavy atom. The molecule has 17 heavy (non-hydrogen) atoms. The van der Waals surface area contributed by atoms with Crippen LogP contribution < -0.4 is 5.32 Å². The monoisotopic (exact) mass is 233 g/mol. The third kappa shape index (κ3) is 2.45. The van der Waals surface area contributed by atoms with Crippen LogP contribution in [-0.2, 0) is 0 Å². The van der Waals surface area contributed by atoms with E-state index in [2.05, 4.69) is 15.5 Å². The van der Waals surface area contributed by atoms with E-state index in [1.54, 1.807) is 18.3 Å². The van der Waals surface area contributed by atoms with Crippen LogP contribution in [0.3, 0.4) is 0 Å². The van der Waals surface area contributed by atoms with Crippen molar-refractivity contribution in [2.45, 2.75) is 19.4 Å². The largest absolute Gasteiger partial charge is 0.394 e. The summed E-state index contributed by atoms with van der Waals surface area (Å²) in [5, 5.41) is 19.5. The molecule has 1 aromatic heterocycles. The highest BCUT2D eigenvalue weighted by atomic mass is 16.3. The van der Waals surface area contributed by atoms with Crippen LogP contribution in [0.2, 0.25) is 0 Å². The Morgan fingerprint density at radius 1 is 1.59 bits per heavy atom. The number of aliphatic hydroxyl groups is 1. The molecule has 1 amide bonds. The van der Waals surface area contributed by atoms with E-state index in [1.807, 2.05) is 13.0 Å². The molecule has 0 aliphatic rings. The smallest absolute Gasteiger partial charge is 0.251 e. The number of nitrogens with one attached hydrogen (secondary N) is 2. The van der Waals surface area contributed by atoms with Crippen molar-refractivity contribution in [2.24, 2.45) is 0 Å². The van der Waals surface area contributed by atoms with Crippen molar-refractivity contribution in [2.75, 3.05) is 6.61 Å².